The van der Waals surface area contributed by atoms with Crippen molar-refractivity contribution in [1.29, 1.82) is 0 Å². The number of carbonyl (C=O) groups is 4. The van der Waals surface area contributed by atoms with E-state index in [1.807, 2.05) is 44.2 Å². The van der Waals surface area contributed by atoms with Gasteiger partial charge < -0.3 is 10.1 Å². The van der Waals surface area contributed by atoms with Crippen molar-refractivity contribution in [1.82, 2.24) is 4.90 Å². The van der Waals surface area contributed by atoms with Gasteiger partial charge in [-0.2, -0.15) is 0 Å². The Kier molecular flexibility index (Phi) is 4.76. The van der Waals surface area contributed by atoms with E-state index in [1.54, 1.807) is 0 Å². The highest BCUT2D eigenvalue weighted by molar-refractivity contribution is 6.09. The van der Waals surface area contributed by atoms with Crippen molar-refractivity contribution in [3.05, 3.63) is 41.5 Å². The lowest BCUT2D eigenvalue weighted by molar-refractivity contribution is -0.159. The monoisotopic (exact) mass is 396 g/mol. The molecular formula is C22H24N2O5. The molecule has 7 heteroatoms. The highest BCUT2D eigenvalue weighted by atomic mass is 16.5. The first-order chi connectivity index (χ1) is 13.8. The maximum atomic E-state index is 12.8. The Morgan fingerprint density at radius 3 is 2.38 bits per heavy atom. The molecule has 5 atom stereocenters. The maximum absolute atomic E-state index is 12.8. The molecule has 2 fully saturated rings. The van der Waals surface area contributed by atoms with Crippen LogP contribution in [-0.4, -0.2) is 41.2 Å². The van der Waals surface area contributed by atoms with Crippen molar-refractivity contribution in [3.63, 3.8) is 0 Å². The number of hydrogen-bond acceptors (Lipinski definition) is 5. The summed E-state index contributed by atoms with van der Waals surface area (Å²) in [7, 11) is 0. The number of ether oxygens (including phenoxy) is 1. The minimum absolute atomic E-state index is 0.0815. The predicted molar refractivity (Wildman–Crippen MR) is 105 cm³/mol. The smallest absolute Gasteiger partial charge is 0.329 e. The molecule has 2 aliphatic carbocycles. The summed E-state index contributed by atoms with van der Waals surface area (Å²) in [6.07, 6.45) is 4.83. The standard InChI is InChI=1S/C22H24N2O5/c1-11-4-5-12(2)16(8-11)23-17(25)10-29-22(28)13(3)24-20(26)18-14-6-7-15(9-14)19(18)21(24)27/h4-8,13-15,18-19H,9-10H2,1-3H3,(H,23,25)/t13-,14+,15+,18-,19+/m1/s1. The zero-order valence-corrected chi connectivity index (χ0v) is 16.7. The number of likely N-dealkylation sites (tertiary alicyclic amines) is 1. The fourth-order valence-corrected chi connectivity index (χ4v) is 4.73. The Labute approximate surface area is 169 Å². The molecule has 152 valence electrons. The first kappa shape index (κ1) is 19.4. The second-order valence-electron chi connectivity index (χ2n) is 8.20. The largest absolute Gasteiger partial charge is 0.454 e. The first-order valence-electron chi connectivity index (χ1n) is 9.87. The van der Waals surface area contributed by atoms with Gasteiger partial charge in [-0.1, -0.05) is 24.3 Å². The molecule has 0 radical (unpaired) electrons. The average Bonchev–Trinajstić information content (AvgIpc) is 3.36. The molecule has 1 saturated heterocycles. The molecule has 3 amide bonds. The van der Waals surface area contributed by atoms with Crippen LogP contribution < -0.4 is 5.32 Å². The van der Waals surface area contributed by atoms with Gasteiger partial charge in [-0.3, -0.25) is 19.3 Å². The summed E-state index contributed by atoms with van der Waals surface area (Å²) >= 11 is 0. The predicted octanol–water partition coefficient (Wildman–Crippen LogP) is 1.98. The number of allylic oxidation sites excluding steroid dienone is 2. The Hall–Kier alpha value is -2.96. The van der Waals surface area contributed by atoms with E-state index in [0.717, 1.165) is 22.4 Å². The number of nitrogens with one attached hydrogen (secondary N) is 1. The van der Waals surface area contributed by atoms with Gasteiger partial charge in [-0.25, -0.2) is 4.79 Å². The third-order valence-electron chi connectivity index (χ3n) is 6.25. The van der Waals surface area contributed by atoms with Gasteiger partial charge in [0.25, 0.3) is 5.91 Å². The minimum Gasteiger partial charge on any atom is -0.454 e. The van der Waals surface area contributed by atoms with Crippen LogP contribution in [0.2, 0.25) is 0 Å². The van der Waals surface area contributed by atoms with Crippen LogP contribution in [0.25, 0.3) is 0 Å². The average molecular weight is 396 g/mol. The van der Waals surface area contributed by atoms with E-state index in [2.05, 4.69) is 5.32 Å². The van der Waals surface area contributed by atoms with Crippen LogP contribution in [0.15, 0.2) is 30.4 Å². The number of anilines is 1. The topological polar surface area (TPSA) is 92.8 Å². The van der Waals surface area contributed by atoms with Gasteiger partial charge in [0, 0.05) is 5.69 Å². The van der Waals surface area contributed by atoms with Crippen LogP contribution in [0.4, 0.5) is 5.69 Å². The molecule has 0 aromatic heterocycles. The van der Waals surface area contributed by atoms with Crippen LogP contribution in [0, 0.1) is 37.5 Å². The Morgan fingerprint density at radius 2 is 1.76 bits per heavy atom. The molecular weight excluding hydrogens is 372 g/mol. The number of amides is 3. The molecule has 1 aromatic rings. The molecule has 1 saturated carbocycles. The summed E-state index contributed by atoms with van der Waals surface area (Å²) in [5, 5.41) is 2.71. The Balaban J connectivity index is 1.35. The zero-order valence-electron chi connectivity index (χ0n) is 16.7. The molecule has 0 spiro atoms. The summed E-state index contributed by atoms with van der Waals surface area (Å²) in [5.41, 5.74) is 2.54. The molecule has 2 bridgehead atoms. The van der Waals surface area contributed by atoms with Crippen LogP contribution in [0.1, 0.15) is 24.5 Å². The summed E-state index contributed by atoms with van der Waals surface area (Å²) in [6.45, 7) is 4.77. The van der Waals surface area contributed by atoms with Crippen LogP contribution >= 0.6 is 0 Å². The molecule has 0 unspecified atom stereocenters. The number of aryl methyl sites for hydroxylation is 2. The van der Waals surface area contributed by atoms with E-state index < -0.39 is 24.5 Å². The lowest BCUT2D eigenvalue weighted by atomic mass is 9.85. The molecule has 1 aromatic carbocycles. The normalized spacial score (nSPS) is 27.9. The molecule has 4 rings (SSSR count). The molecule has 1 aliphatic heterocycles. The van der Waals surface area contributed by atoms with E-state index in [4.69, 9.17) is 4.74 Å². The van der Waals surface area contributed by atoms with Gasteiger partial charge in [0.05, 0.1) is 11.8 Å². The molecule has 1 heterocycles. The van der Waals surface area contributed by atoms with Crippen LogP contribution in [0.5, 0.6) is 0 Å². The Bertz CT molecular complexity index is 907. The second-order valence-corrected chi connectivity index (χ2v) is 8.20. The summed E-state index contributed by atoms with van der Waals surface area (Å²) < 4.78 is 5.10. The van der Waals surface area contributed by atoms with Gasteiger partial charge in [0.1, 0.15) is 6.04 Å². The lowest BCUT2D eigenvalue weighted by Crippen LogP contribution is -2.45. The van der Waals surface area contributed by atoms with Crippen molar-refractivity contribution in [3.8, 4) is 0 Å². The van der Waals surface area contributed by atoms with Crippen LogP contribution in [-0.2, 0) is 23.9 Å². The number of hydrogen-bond donors (Lipinski definition) is 1. The number of carbonyl (C=O) groups excluding carboxylic acids is 4. The number of esters is 1. The summed E-state index contributed by atoms with van der Waals surface area (Å²) in [4.78, 5) is 51.2. The highest BCUT2D eigenvalue weighted by Crippen LogP contribution is 2.52. The number of rotatable bonds is 5. The van der Waals surface area contributed by atoms with Crippen molar-refractivity contribution in [2.45, 2.75) is 33.2 Å². The SMILES string of the molecule is Cc1ccc(C)c(NC(=O)COC(=O)[C@@H](C)N2C(=O)[C@@H]3[C@H](C2=O)[C@H]2C=C[C@H]3C2)c1. The quantitative estimate of drug-likeness (QED) is 0.467. The van der Waals surface area contributed by atoms with E-state index in [1.165, 1.54) is 6.92 Å². The highest BCUT2D eigenvalue weighted by Gasteiger charge is 2.60. The minimum atomic E-state index is -1.05. The van der Waals surface area contributed by atoms with Crippen molar-refractivity contribution < 1.29 is 23.9 Å². The molecule has 1 N–H and O–H groups in total. The van der Waals surface area contributed by atoms with Gasteiger partial charge >= 0.3 is 5.97 Å². The van der Waals surface area contributed by atoms with Gasteiger partial charge in [-0.15, -0.1) is 0 Å². The fraction of sp³-hybridized carbons (Fsp3) is 0.455. The van der Waals surface area contributed by atoms with Gasteiger partial charge in [-0.05, 0) is 56.2 Å². The van der Waals surface area contributed by atoms with Gasteiger partial charge in [0.15, 0.2) is 6.61 Å². The number of imide groups is 1. The van der Waals surface area contributed by atoms with E-state index in [9.17, 15) is 19.2 Å². The first-order valence-corrected chi connectivity index (χ1v) is 9.87. The summed E-state index contributed by atoms with van der Waals surface area (Å²) in [6, 6.07) is 4.62. The number of benzene rings is 1. The van der Waals surface area contributed by atoms with E-state index in [0.29, 0.717) is 5.69 Å². The maximum Gasteiger partial charge on any atom is 0.329 e. The molecule has 7 nitrogen and oxygen atoms in total. The van der Waals surface area contributed by atoms with E-state index in [-0.39, 0.29) is 35.5 Å². The number of nitrogens with zero attached hydrogens (tertiary/aromatic N) is 1. The zero-order chi connectivity index (χ0) is 20.9. The fourth-order valence-electron chi connectivity index (χ4n) is 4.73. The third kappa shape index (κ3) is 3.24. The van der Waals surface area contributed by atoms with Gasteiger partial charge in [0.2, 0.25) is 11.8 Å². The lowest BCUT2D eigenvalue weighted by Gasteiger charge is -2.23. The van der Waals surface area contributed by atoms with Crippen LogP contribution in [0.3, 0.4) is 0 Å². The number of fused-ring (bicyclic) bond motifs is 5. The molecule has 29 heavy (non-hydrogen) atoms. The summed E-state index contributed by atoms with van der Waals surface area (Å²) in [5.74, 6) is -2.40. The second kappa shape index (κ2) is 7.13. The third-order valence-corrected chi connectivity index (χ3v) is 6.25. The van der Waals surface area contributed by atoms with E-state index >= 15 is 0 Å². The molecule has 3 aliphatic rings. The van der Waals surface area contributed by atoms with Crippen molar-refractivity contribution in [2.75, 3.05) is 11.9 Å². The van der Waals surface area contributed by atoms with Crippen molar-refractivity contribution >= 4 is 29.4 Å². The van der Waals surface area contributed by atoms with Crippen molar-refractivity contribution in [2.24, 2.45) is 23.7 Å². The Morgan fingerprint density at radius 1 is 1.14 bits per heavy atom.